The number of aryl methyl sites for hydroxylation is 2. The number of carbonyl (C=O) groups excluding carboxylic acids is 1. The Morgan fingerprint density at radius 3 is 2.27 bits per heavy atom. The second-order valence-electron chi connectivity index (χ2n) is 8.21. The van der Waals surface area contributed by atoms with Crippen LogP contribution >= 0.6 is 0 Å². The molecule has 0 saturated heterocycles. The lowest BCUT2D eigenvalue weighted by Crippen LogP contribution is -2.44. The van der Waals surface area contributed by atoms with Crippen molar-refractivity contribution in [3.63, 3.8) is 0 Å². The van der Waals surface area contributed by atoms with Crippen LogP contribution in [0.5, 0.6) is 0 Å². The molecule has 1 N–H and O–H groups in total. The van der Waals surface area contributed by atoms with Gasteiger partial charge in [-0.3, -0.25) is 4.79 Å². The minimum atomic E-state index is -3.52. The van der Waals surface area contributed by atoms with Gasteiger partial charge in [0, 0.05) is 18.5 Å². The lowest BCUT2D eigenvalue weighted by atomic mass is 10.0. The standard InChI is InChI=1S/C27H32N2O3S/c1-3-19-33(31,32)29(28-18-8-13-23-12-7-9-22(2)20-23)26-16-14-25(15-17-26)27(30)21-24-10-5-4-6-11-24/h4-7,9-12,14-17,20,28H,3,8,13,18-19,21H2,1-2H3. The zero-order valence-corrected chi connectivity index (χ0v) is 20.1. The third kappa shape index (κ3) is 7.27. The van der Waals surface area contributed by atoms with Crippen LogP contribution in [0, 0.1) is 6.92 Å². The van der Waals surface area contributed by atoms with Crippen molar-refractivity contribution < 1.29 is 13.2 Å². The third-order valence-electron chi connectivity index (χ3n) is 5.35. The Labute approximate surface area is 197 Å². The minimum Gasteiger partial charge on any atom is -0.294 e. The molecule has 0 radical (unpaired) electrons. The first-order valence-corrected chi connectivity index (χ1v) is 13.0. The van der Waals surface area contributed by atoms with Gasteiger partial charge in [-0.1, -0.05) is 67.1 Å². The molecule has 0 saturated carbocycles. The molecule has 3 aromatic carbocycles. The molecule has 3 rings (SSSR count). The van der Waals surface area contributed by atoms with E-state index in [0.29, 0.717) is 30.6 Å². The Morgan fingerprint density at radius 2 is 1.61 bits per heavy atom. The van der Waals surface area contributed by atoms with Crippen LogP contribution in [0.1, 0.15) is 46.8 Å². The van der Waals surface area contributed by atoms with Crippen molar-refractivity contribution >= 4 is 21.5 Å². The number of nitrogens with one attached hydrogen (secondary N) is 1. The van der Waals surface area contributed by atoms with Crippen molar-refractivity contribution in [3.05, 3.63) is 101 Å². The molecule has 0 unspecified atom stereocenters. The summed E-state index contributed by atoms with van der Waals surface area (Å²) in [5.41, 5.74) is 7.58. The predicted molar refractivity (Wildman–Crippen MR) is 135 cm³/mol. The zero-order chi connectivity index (χ0) is 23.7. The maximum absolute atomic E-state index is 12.9. The van der Waals surface area contributed by atoms with Crippen molar-refractivity contribution in [2.45, 2.75) is 39.5 Å². The van der Waals surface area contributed by atoms with Gasteiger partial charge in [0.15, 0.2) is 5.78 Å². The SMILES string of the molecule is CCCS(=O)(=O)N(NCCCc1cccc(C)c1)c1ccc(C(=O)Cc2ccccc2)cc1. The maximum Gasteiger partial charge on any atom is 0.248 e. The summed E-state index contributed by atoms with van der Waals surface area (Å²) >= 11 is 0. The van der Waals surface area contributed by atoms with Gasteiger partial charge < -0.3 is 0 Å². The number of sulfonamides is 1. The molecular weight excluding hydrogens is 432 g/mol. The van der Waals surface area contributed by atoms with Crippen LogP contribution in [0.15, 0.2) is 78.9 Å². The summed E-state index contributed by atoms with van der Waals surface area (Å²) in [6, 6.07) is 24.7. The van der Waals surface area contributed by atoms with Gasteiger partial charge in [-0.05, 0) is 61.6 Å². The quantitative estimate of drug-likeness (QED) is 0.230. The average molecular weight is 465 g/mol. The van der Waals surface area contributed by atoms with E-state index in [1.807, 2.05) is 43.3 Å². The highest BCUT2D eigenvalue weighted by Crippen LogP contribution is 2.19. The Balaban J connectivity index is 1.67. The fraction of sp³-hybridized carbons (Fsp3) is 0.296. The highest BCUT2D eigenvalue weighted by molar-refractivity contribution is 7.92. The highest BCUT2D eigenvalue weighted by Gasteiger charge is 2.22. The fourth-order valence-electron chi connectivity index (χ4n) is 3.71. The lowest BCUT2D eigenvalue weighted by molar-refractivity contribution is 0.0993. The summed E-state index contributed by atoms with van der Waals surface area (Å²) < 4.78 is 27.1. The molecule has 33 heavy (non-hydrogen) atoms. The van der Waals surface area contributed by atoms with Crippen molar-refractivity contribution in [3.8, 4) is 0 Å². The first kappa shape index (κ1) is 24.7. The van der Waals surface area contributed by atoms with Gasteiger partial charge in [0.1, 0.15) is 0 Å². The molecule has 0 bridgehead atoms. The monoisotopic (exact) mass is 464 g/mol. The number of benzene rings is 3. The predicted octanol–water partition coefficient (Wildman–Crippen LogP) is 5.10. The molecule has 0 amide bonds. The maximum atomic E-state index is 12.9. The van der Waals surface area contributed by atoms with Gasteiger partial charge in [0.2, 0.25) is 10.0 Å². The Kier molecular flexibility index (Phi) is 8.80. The van der Waals surface area contributed by atoms with Crippen molar-refractivity contribution in [1.82, 2.24) is 5.43 Å². The molecule has 0 spiro atoms. The Morgan fingerprint density at radius 1 is 0.909 bits per heavy atom. The van der Waals surface area contributed by atoms with Crippen molar-refractivity contribution in [1.29, 1.82) is 0 Å². The van der Waals surface area contributed by atoms with Gasteiger partial charge in [-0.15, -0.1) is 0 Å². The molecule has 174 valence electrons. The second kappa shape index (κ2) is 11.8. The second-order valence-corrected chi connectivity index (χ2v) is 10.2. The van der Waals surface area contributed by atoms with E-state index in [2.05, 4.69) is 30.5 Å². The number of rotatable bonds is 12. The van der Waals surface area contributed by atoms with Gasteiger partial charge in [0.05, 0.1) is 11.4 Å². The molecule has 0 heterocycles. The van der Waals surface area contributed by atoms with Crippen LogP contribution < -0.4 is 9.84 Å². The van der Waals surface area contributed by atoms with Crippen molar-refractivity contribution in [2.75, 3.05) is 16.7 Å². The molecule has 0 aromatic heterocycles. The summed E-state index contributed by atoms with van der Waals surface area (Å²) in [6.07, 6.45) is 2.51. The highest BCUT2D eigenvalue weighted by atomic mass is 32.2. The smallest absolute Gasteiger partial charge is 0.248 e. The number of hydrogen-bond acceptors (Lipinski definition) is 4. The van der Waals surface area contributed by atoms with Crippen LogP contribution in [0.4, 0.5) is 5.69 Å². The van der Waals surface area contributed by atoms with Crippen LogP contribution in [0.3, 0.4) is 0 Å². The van der Waals surface area contributed by atoms with Crippen LogP contribution in [-0.4, -0.2) is 26.5 Å². The molecule has 3 aromatic rings. The van der Waals surface area contributed by atoms with E-state index in [-0.39, 0.29) is 11.5 Å². The summed E-state index contributed by atoms with van der Waals surface area (Å²) in [7, 11) is -3.52. The summed E-state index contributed by atoms with van der Waals surface area (Å²) in [5, 5.41) is 0. The lowest BCUT2D eigenvalue weighted by Gasteiger charge is -2.25. The van der Waals surface area contributed by atoms with E-state index in [9.17, 15) is 13.2 Å². The first-order chi connectivity index (χ1) is 15.9. The number of hydrogen-bond donors (Lipinski definition) is 1. The largest absolute Gasteiger partial charge is 0.294 e. The van der Waals surface area contributed by atoms with E-state index in [4.69, 9.17) is 0 Å². The molecule has 0 aliphatic heterocycles. The van der Waals surface area contributed by atoms with E-state index >= 15 is 0 Å². The number of nitrogens with zero attached hydrogens (tertiary/aromatic N) is 1. The van der Waals surface area contributed by atoms with E-state index < -0.39 is 10.0 Å². The minimum absolute atomic E-state index is 0.00169. The summed E-state index contributed by atoms with van der Waals surface area (Å²) in [5.74, 6) is 0.0499. The van der Waals surface area contributed by atoms with E-state index in [0.717, 1.165) is 18.4 Å². The van der Waals surface area contributed by atoms with Crippen LogP contribution in [0.25, 0.3) is 0 Å². The van der Waals surface area contributed by atoms with Crippen molar-refractivity contribution in [2.24, 2.45) is 0 Å². The third-order valence-corrected chi connectivity index (χ3v) is 7.17. The molecule has 0 aliphatic rings. The normalized spacial score (nSPS) is 11.3. The molecule has 0 aliphatic carbocycles. The van der Waals surface area contributed by atoms with Crippen LogP contribution in [0.2, 0.25) is 0 Å². The Hall–Kier alpha value is -2.96. The number of carbonyl (C=O) groups is 1. The molecule has 6 heteroatoms. The fourth-order valence-corrected chi connectivity index (χ4v) is 5.14. The number of hydrazine groups is 1. The summed E-state index contributed by atoms with van der Waals surface area (Å²) in [6.45, 7) is 4.43. The molecule has 0 atom stereocenters. The number of anilines is 1. The number of Topliss-reactive ketones (excluding diaryl/α,β-unsaturated/α-hetero) is 1. The van der Waals surface area contributed by atoms with Crippen LogP contribution in [-0.2, 0) is 22.9 Å². The summed E-state index contributed by atoms with van der Waals surface area (Å²) in [4.78, 5) is 12.6. The van der Waals surface area contributed by atoms with Gasteiger partial charge in [0.25, 0.3) is 0 Å². The Bertz CT molecular complexity index is 1140. The molecule has 5 nitrogen and oxygen atoms in total. The van der Waals surface area contributed by atoms with E-state index in [1.165, 1.54) is 15.5 Å². The van der Waals surface area contributed by atoms with Gasteiger partial charge >= 0.3 is 0 Å². The average Bonchev–Trinajstić information content (AvgIpc) is 2.80. The van der Waals surface area contributed by atoms with Gasteiger partial charge in [-0.25, -0.2) is 18.3 Å². The molecular formula is C27H32N2O3S. The topological polar surface area (TPSA) is 66.5 Å². The molecule has 0 fully saturated rings. The first-order valence-electron chi connectivity index (χ1n) is 11.4. The van der Waals surface area contributed by atoms with E-state index in [1.54, 1.807) is 24.3 Å². The van der Waals surface area contributed by atoms with Gasteiger partial charge in [-0.2, -0.15) is 0 Å². The zero-order valence-electron chi connectivity index (χ0n) is 19.3. The number of ketones is 1.